The van der Waals surface area contributed by atoms with Crippen molar-refractivity contribution >= 4 is 21.7 Å². The van der Waals surface area contributed by atoms with Crippen LogP contribution in [-0.4, -0.2) is 32.4 Å². The van der Waals surface area contributed by atoms with E-state index in [0.717, 1.165) is 10.6 Å². The normalized spacial score (nSPS) is 11.1. The standard InChI is InChI=1S/C16H16FNO5S/c1-24(21,22)18(10-12-4-2-3-5-15(12)17)13-6-8-14(9-7-13)23-11-16(19)20/h2-9H,10-11H2,1H3,(H,19,20). The Bertz CT molecular complexity index is 821. The molecule has 0 aliphatic heterocycles. The number of aliphatic carboxylic acids is 1. The van der Waals surface area contributed by atoms with Crippen molar-refractivity contribution in [2.24, 2.45) is 0 Å². The topological polar surface area (TPSA) is 83.9 Å². The highest BCUT2D eigenvalue weighted by molar-refractivity contribution is 7.92. The average Bonchev–Trinajstić information content (AvgIpc) is 2.51. The molecule has 0 aliphatic carbocycles. The summed E-state index contributed by atoms with van der Waals surface area (Å²) in [6.45, 7) is -0.648. The van der Waals surface area contributed by atoms with E-state index in [1.165, 1.54) is 42.5 Å². The Kier molecular flexibility index (Phi) is 5.40. The van der Waals surface area contributed by atoms with Crippen molar-refractivity contribution in [3.8, 4) is 5.75 Å². The molecule has 8 heteroatoms. The molecular weight excluding hydrogens is 337 g/mol. The van der Waals surface area contributed by atoms with Gasteiger partial charge in [-0.1, -0.05) is 18.2 Å². The number of carbonyl (C=O) groups is 1. The van der Waals surface area contributed by atoms with E-state index in [9.17, 15) is 17.6 Å². The van der Waals surface area contributed by atoms with E-state index in [4.69, 9.17) is 9.84 Å². The van der Waals surface area contributed by atoms with Crippen LogP contribution in [0.4, 0.5) is 10.1 Å². The number of benzene rings is 2. The minimum absolute atomic E-state index is 0.152. The lowest BCUT2D eigenvalue weighted by molar-refractivity contribution is -0.139. The molecular formula is C16H16FNO5S. The highest BCUT2D eigenvalue weighted by atomic mass is 32.2. The summed E-state index contributed by atoms with van der Waals surface area (Å²) in [6.07, 6.45) is 1.03. The molecule has 0 radical (unpaired) electrons. The first-order valence-corrected chi connectivity index (χ1v) is 8.78. The summed E-state index contributed by atoms with van der Waals surface area (Å²) in [6, 6.07) is 11.8. The zero-order valence-corrected chi connectivity index (χ0v) is 13.7. The third kappa shape index (κ3) is 4.69. The number of anilines is 1. The minimum atomic E-state index is -3.64. The molecule has 0 saturated heterocycles. The molecule has 0 bridgehead atoms. The fraction of sp³-hybridized carbons (Fsp3) is 0.188. The van der Waals surface area contributed by atoms with Crippen LogP contribution < -0.4 is 9.04 Å². The Balaban J connectivity index is 2.26. The lowest BCUT2D eigenvalue weighted by Gasteiger charge is -2.23. The van der Waals surface area contributed by atoms with Crippen LogP contribution in [-0.2, 0) is 21.4 Å². The second-order valence-electron chi connectivity index (χ2n) is 5.04. The molecule has 2 rings (SSSR count). The monoisotopic (exact) mass is 353 g/mol. The third-order valence-corrected chi connectivity index (χ3v) is 4.30. The lowest BCUT2D eigenvalue weighted by Crippen LogP contribution is -2.29. The molecule has 0 amide bonds. The molecule has 128 valence electrons. The van der Waals surface area contributed by atoms with Crippen LogP contribution in [0.25, 0.3) is 0 Å². The fourth-order valence-electron chi connectivity index (χ4n) is 2.04. The summed E-state index contributed by atoms with van der Waals surface area (Å²) < 4.78 is 43.9. The Morgan fingerprint density at radius 2 is 1.79 bits per heavy atom. The molecule has 6 nitrogen and oxygen atoms in total. The number of hydrogen-bond acceptors (Lipinski definition) is 4. The Labute approximate surface area is 139 Å². The Hall–Kier alpha value is -2.61. The van der Waals surface area contributed by atoms with E-state index < -0.39 is 28.4 Å². The van der Waals surface area contributed by atoms with Crippen molar-refractivity contribution in [2.75, 3.05) is 17.2 Å². The smallest absolute Gasteiger partial charge is 0.341 e. The summed E-state index contributed by atoms with van der Waals surface area (Å²) in [5.74, 6) is -1.32. The van der Waals surface area contributed by atoms with Crippen LogP contribution in [0.1, 0.15) is 5.56 Å². The van der Waals surface area contributed by atoms with Gasteiger partial charge in [-0.05, 0) is 30.3 Å². The van der Waals surface area contributed by atoms with E-state index in [2.05, 4.69) is 0 Å². The molecule has 0 fully saturated rings. The predicted molar refractivity (Wildman–Crippen MR) is 87.0 cm³/mol. The molecule has 2 aromatic rings. The van der Waals surface area contributed by atoms with E-state index >= 15 is 0 Å². The van der Waals surface area contributed by atoms with Crippen molar-refractivity contribution in [3.05, 3.63) is 59.9 Å². The van der Waals surface area contributed by atoms with E-state index in [1.54, 1.807) is 6.07 Å². The van der Waals surface area contributed by atoms with Gasteiger partial charge >= 0.3 is 5.97 Å². The minimum Gasteiger partial charge on any atom is -0.482 e. The summed E-state index contributed by atoms with van der Waals surface area (Å²) in [7, 11) is -3.64. The molecule has 2 aromatic carbocycles. The first-order chi connectivity index (χ1) is 11.3. The number of rotatable bonds is 7. The van der Waals surface area contributed by atoms with Crippen LogP contribution >= 0.6 is 0 Å². The van der Waals surface area contributed by atoms with Crippen molar-refractivity contribution in [1.82, 2.24) is 0 Å². The Morgan fingerprint density at radius 1 is 1.17 bits per heavy atom. The molecule has 1 N–H and O–H groups in total. The predicted octanol–water partition coefficient (Wildman–Crippen LogP) is 2.26. The number of carboxylic acid groups (broad SMARTS) is 1. The van der Waals surface area contributed by atoms with Crippen molar-refractivity contribution in [1.29, 1.82) is 0 Å². The van der Waals surface area contributed by atoms with Gasteiger partial charge in [0.25, 0.3) is 0 Å². The number of nitrogens with zero attached hydrogens (tertiary/aromatic N) is 1. The van der Waals surface area contributed by atoms with Gasteiger partial charge < -0.3 is 9.84 Å². The molecule has 0 aromatic heterocycles. The maximum Gasteiger partial charge on any atom is 0.341 e. The van der Waals surface area contributed by atoms with Crippen LogP contribution in [0.5, 0.6) is 5.75 Å². The van der Waals surface area contributed by atoms with Gasteiger partial charge in [0.05, 0.1) is 18.5 Å². The Morgan fingerprint density at radius 3 is 2.33 bits per heavy atom. The molecule has 0 unspecified atom stereocenters. The van der Waals surface area contributed by atoms with Crippen LogP contribution in [0.3, 0.4) is 0 Å². The van der Waals surface area contributed by atoms with Crippen LogP contribution in [0, 0.1) is 5.82 Å². The third-order valence-electron chi connectivity index (χ3n) is 3.16. The van der Waals surface area contributed by atoms with Gasteiger partial charge in [0.2, 0.25) is 10.0 Å². The number of hydrogen-bond donors (Lipinski definition) is 1. The second kappa shape index (κ2) is 7.31. The van der Waals surface area contributed by atoms with E-state index in [1.807, 2.05) is 0 Å². The van der Waals surface area contributed by atoms with Crippen LogP contribution in [0.2, 0.25) is 0 Å². The molecule has 0 aliphatic rings. The highest BCUT2D eigenvalue weighted by Crippen LogP contribution is 2.24. The highest BCUT2D eigenvalue weighted by Gasteiger charge is 2.19. The molecule has 0 spiro atoms. The van der Waals surface area contributed by atoms with Crippen LogP contribution in [0.15, 0.2) is 48.5 Å². The number of halogens is 1. The van der Waals surface area contributed by atoms with Gasteiger partial charge in [0.1, 0.15) is 11.6 Å². The molecule has 0 saturated carbocycles. The maximum absolute atomic E-state index is 13.8. The van der Waals surface area contributed by atoms with Gasteiger partial charge in [0, 0.05) is 5.56 Å². The molecule has 0 heterocycles. The van der Waals surface area contributed by atoms with E-state index in [-0.39, 0.29) is 12.1 Å². The zero-order chi connectivity index (χ0) is 17.7. The summed E-state index contributed by atoms with van der Waals surface area (Å²) in [5.41, 5.74) is 0.567. The van der Waals surface area contributed by atoms with Crippen molar-refractivity contribution in [2.45, 2.75) is 6.54 Å². The zero-order valence-electron chi connectivity index (χ0n) is 12.8. The van der Waals surface area contributed by atoms with E-state index in [0.29, 0.717) is 11.4 Å². The summed E-state index contributed by atoms with van der Waals surface area (Å²) in [4.78, 5) is 10.5. The van der Waals surface area contributed by atoms with Crippen molar-refractivity contribution < 1.29 is 27.4 Å². The summed E-state index contributed by atoms with van der Waals surface area (Å²) in [5, 5.41) is 8.57. The van der Waals surface area contributed by atoms with Crippen molar-refractivity contribution in [3.63, 3.8) is 0 Å². The SMILES string of the molecule is CS(=O)(=O)N(Cc1ccccc1F)c1ccc(OCC(=O)O)cc1. The fourth-order valence-corrected chi connectivity index (χ4v) is 2.91. The lowest BCUT2D eigenvalue weighted by atomic mass is 10.2. The van der Waals surface area contributed by atoms with Gasteiger partial charge in [-0.15, -0.1) is 0 Å². The quantitative estimate of drug-likeness (QED) is 0.825. The van der Waals surface area contributed by atoms with Gasteiger partial charge in [-0.3, -0.25) is 4.31 Å². The first-order valence-electron chi connectivity index (χ1n) is 6.93. The van der Waals surface area contributed by atoms with Gasteiger partial charge in [0.15, 0.2) is 6.61 Å². The number of sulfonamides is 1. The van der Waals surface area contributed by atoms with Gasteiger partial charge in [-0.2, -0.15) is 0 Å². The maximum atomic E-state index is 13.8. The largest absolute Gasteiger partial charge is 0.482 e. The molecule has 0 atom stereocenters. The average molecular weight is 353 g/mol. The summed E-state index contributed by atoms with van der Waals surface area (Å²) >= 11 is 0. The number of carboxylic acids is 1. The van der Waals surface area contributed by atoms with Gasteiger partial charge in [-0.25, -0.2) is 17.6 Å². The molecule has 24 heavy (non-hydrogen) atoms. The number of ether oxygens (including phenoxy) is 1. The first kappa shape index (κ1) is 17.7. The second-order valence-corrected chi connectivity index (χ2v) is 6.94.